The van der Waals surface area contributed by atoms with Gasteiger partial charge in [-0.3, -0.25) is 0 Å². The van der Waals surface area contributed by atoms with Gasteiger partial charge < -0.3 is 9.84 Å². The number of aliphatic hydroxyl groups is 1. The molecule has 0 aliphatic heterocycles. The minimum atomic E-state index is -0.221. The van der Waals surface area contributed by atoms with E-state index in [1.54, 1.807) is 0 Å². The van der Waals surface area contributed by atoms with Crippen LogP contribution in [-0.4, -0.2) is 23.9 Å². The maximum Gasteiger partial charge on any atom is 0.0836 e. The van der Waals surface area contributed by atoms with E-state index in [0.717, 1.165) is 37.7 Å². The van der Waals surface area contributed by atoms with Crippen LogP contribution < -0.4 is 0 Å². The molecule has 0 radical (unpaired) electrons. The molecule has 0 amide bonds. The Bertz CT molecular complexity index is 180. The summed E-state index contributed by atoms with van der Waals surface area (Å²) >= 11 is 0. The standard InChI is InChI=1S/C14H28O2/c1-4-12-7-8-13(15)14(10-12)16-9-5-6-11(2)3/h11-15H,4-10H2,1-3H3. The van der Waals surface area contributed by atoms with Crippen LogP contribution in [0.4, 0.5) is 0 Å². The summed E-state index contributed by atoms with van der Waals surface area (Å²) < 4.78 is 5.83. The molecule has 1 N–H and O–H groups in total. The number of rotatable bonds is 6. The van der Waals surface area contributed by atoms with Crippen molar-refractivity contribution in [1.29, 1.82) is 0 Å². The van der Waals surface area contributed by atoms with Crippen LogP contribution >= 0.6 is 0 Å². The molecular formula is C14H28O2. The molecule has 3 unspecified atom stereocenters. The first-order valence-electron chi connectivity index (χ1n) is 6.93. The van der Waals surface area contributed by atoms with E-state index in [1.165, 1.54) is 19.3 Å². The Labute approximate surface area is 100 Å². The summed E-state index contributed by atoms with van der Waals surface area (Å²) in [6.07, 6.45) is 6.60. The average Bonchev–Trinajstić information content (AvgIpc) is 2.26. The van der Waals surface area contributed by atoms with Crippen molar-refractivity contribution in [3.63, 3.8) is 0 Å². The highest BCUT2D eigenvalue weighted by atomic mass is 16.5. The van der Waals surface area contributed by atoms with Gasteiger partial charge in [0.1, 0.15) is 0 Å². The lowest BCUT2D eigenvalue weighted by Gasteiger charge is -2.32. The molecular weight excluding hydrogens is 200 g/mol. The Morgan fingerprint density at radius 3 is 2.69 bits per heavy atom. The van der Waals surface area contributed by atoms with Crippen LogP contribution in [0.1, 0.15) is 59.3 Å². The third-order valence-electron chi connectivity index (χ3n) is 3.70. The van der Waals surface area contributed by atoms with E-state index in [1.807, 2.05) is 0 Å². The summed E-state index contributed by atoms with van der Waals surface area (Å²) in [5.74, 6) is 1.52. The molecule has 0 saturated heterocycles. The fourth-order valence-electron chi connectivity index (χ4n) is 2.47. The largest absolute Gasteiger partial charge is 0.390 e. The smallest absolute Gasteiger partial charge is 0.0836 e. The first-order chi connectivity index (χ1) is 7.63. The molecule has 0 bridgehead atoms. The lowest BCUT2D eigenvalue weighted by Crippen LogP contribution is -2.36. The van der Waals surface area contributed by atoms with E-state index >= 15 is 0 Å². The van der Waals surface area contributed by atoms with Crippen LogP contribution in [0.25, 0.3) is 0 Å². The topological polar surface area (TPSA) is 29.5 Å². The molecule has 1 aliphatic rings. The van der Waals surface area contributed by atoms with Crippen LogP contribution in [0.5, 0.6) is 0 Å². The van der Waals surface area contributed by atoms with Gasteiger partial charge in [-0.1, -0.05) is 27.2 Å². The number of hydrogen-bond acceptors (Lipinski definition) is 2. The molecule has 3 atom stereocenters. The molecule has 1 fully saturated rings. The van der Waals surface area contributed by atoms with E-state index in [4.69, 9.17) is 4.74 Å². The van der Waals surface area contributed by atoms with Crippen molar-refractivity contribution in [2.45, 2.75) is 71.5 Å². The molecule has 16 heavy (non-hydrogen) atoms. The van der Waals surface area contributed by atoms with Crippen molar-refractivity contribution in [3.8, 4) is 0 Å². The van der Waals surface area contributed by atoms with Gasteiger partial charge in [0, 0.05) is 6.61 Å². The lowest BCUT2D eigenvalue weighted by atomic mass is 9.84. The van der Waals surface area contributed by atoms with Gasteiger partial charge in [0.25, 0.3) is 0 Å². The summed E-state index contributed by atoms with van der Waals surface area (Å²) in [5, 5.41) is 9.87. The third-order valence-corrected chi connectivity index (χ3v) is 3.70. The van der Waals surface area contributed by atoms with Crippen molar-refractivity contribution in [2.75, 3.05) is 6.61 Å². The maximum atomic E-state index is 9.87. The molecule has 1 rings (SSSR count). The van der Waals surface area contributed by atoms with Crippen molar-refractivity contribution < 1.29 is 9.84 Å². The highest BCUT2D eigenvalue weighted by molar-refractivity contribution is 4.79. The van der Waals surface area contributed by atoms with Gasteiger partial charge in [0.15, 0.2) is 0 Å². The molecule has 1 aliphatic carbocycles. The quantitative estimate of drug-likeness (QED) is 0.706. The van der Waals surface area contributed by atoms with Crippen molar-refractivity contribution in [2.24, 2.45) is 11.8 Å². The van der Waals surface area contributed by atoms with Crippen molar-refractivity contribution in [3.05, 3.63) is 0 Å². The highest BCUT2D eigenvalue weighted by Gasteiger charge is 2.28. The zero-order chi connectivity index (χ0) is 12.0. The molecule has 0 heterocycles. The minimum Gasteiger partial charge on any atom is -0.390 e. The Morgan fingerprint density at radius 2 is 2.06 bits per heavy atom. The average molecular weight is 228 g/mol. The lowest BCUT2D eigenvalue weighted by molar-refractivity contribution is -0.0727. The van der Waals surface area contributed by atoms with Crippen LogP contribution in [0.3, 0.4) is 0 Å². The van der Waals surface area contributed by atoms with Crippen LogP contribution in [0, 0.1) is 11.8 Å². The molecule has 0 spiro atoms. The highest BCUT2D eigenvalue weighted by Crippen LogP contribution is 2.28. The summed E-state index contributed by atoms with van der Waals surface area (Å²) in [6.45, 7) is 7.53. The first-order valence-corrected chi connectivity index (χ1v) is 6.93. The summed E-state index contributed by atoms with van der Waals surface area (Å²) in [7, 11) is 0. The normalized spacial score (nSPS) is 30.9. The second-order valence-corrected chi connectivity index (χ2v) is 5.60. The SMILES string of the molecule is CCC1CCC(O)C(OCCCC(C)C)C1. The van der Waals surface area contributed by atoms with Gasteiger partial charge in [-0.25, -0.2) is 0 Å². The van der Waals surface area contributed by atoms with Crippen molar-refractivity contribution >= 4 is 0 Å². The molecule has 2 nitrogen and oxygen atoms in total. The minimum absolute atomic E-state index is 0.103. The number of aliphatic hydroxyl groups excluding tert-OH is 1. The van der Waals surface area contributed by atoms with E-state index in [-0.39, 0.29) is 12.2 Å². The Kier molecular flexibility index (Phi) is 6.37. The predicted octanol–water partition coefficient (Wildman–Crippen LogP) is 3.38. The Morgan fingerprint density at radius 1 is 1.31 bits per heavy atom. The van der Waals surface area contributed by atoms with Gasteiger partial charge in [0.05, 0.1) is 12.2 Å². The van der Waals surface area contributed by atoms with Crippen molar-refractivity contribution in [1.82, 2.24) is 0 Å². The van der Waals surface area contributed by atoms with Crippen LogP contribution in [-0.2, 0) is 4.74 Å². The van der Waals surface area contributed by atoms with E-state index in [9.17, 15) is 5.11 Å². The van der Waals surface area contributed by atoms with Gasteiger partial charge >= 0.3 is 0 Å². The molecule has 96 valence electrons. The monoisotopic (exact) mass is 228 g/mol. The zero-order valence-corrected chi connectivity index (χ0v) is 11.1. The van der Waals surface area contributed by atoms with Crippen LogP contribution in [0.15, 0.2) is 0 Å². The summed E-state index contributed by atoms with van der Waals surface area (Å²) in [4.78, 5) is 0. The third kappa shape index (κ3) is 4.84. The second kappa shape index (κ2) is 7.29. The maximum absolute atomic E-state index is 9.87. The molecule has 2 heteroatoms. The first kappa shape index (κ1) is 14.0. The number of hydrogen-bond donors (Lipinski definition) is 1. The van der Waals surface area contributed by atoms with E-state index < -0.39 is 0 Å². The molecule has 1 saturated carbocycles. The van der Waals surface area contributed by atoms with E-state index in [2.05, 4.69) is 20.8 Å². The molecule has 0 aromatic carbocycles. The summed E-state index contributed by atoms with van der Waals surface area (Å²) in [6, 6.07) is 0. The van der Waals surface area contributed by atoms with Gasteiger partial charge in [-0.05, 0) is 43.9 Å². The van der Waals surface area contributed by atoms with Gasteiger partial charge in [-0.15, -0.1) is 0 Å². The predicted molar refractivity (Wildman–Crippen MR) is 67.5 cm³/mol. The van der Waals surface area contributed by atoms with Gasteiger partial charge in [0.2, 0.25) is 0 Å². The Balaban J connectivity index is 2.18. The fourth-order valence-corrected chi connectivity index (χ4v) is 2.47. The van der Waals surface area contributed by atoms with E-state index in [0.29, 0.717) is 0 Å². The number of ether oxygens (including phenoxy) is 1. The molecule has 0 aromatic heterocycles. The Hall–Kier alpha value is -0.0800. The van der Waals surface area contributed by atoms with Gasteiger partial charge in [-0.2, -0.15) is 0 Å². The second-order valence-electron chi connectivity index (χ2n) is 5.60. The van der Waals surface area contributed by atoms with Crippen LogP contribution in [0.2, 0.25) is 0 Å². The summed E-state index contributed by atoms with van der Waals surface area (Å²) in [5.41, 5.74) is 0. The fraction of sp³-hybridized carbons (Fsp3) is 1.00. The zero-order valence-electron chi connectivity index (χ0n) is 11.1. The molecule has 0 aromatic rings.